The SMILES string of the molecule is CS(=O)(=O)CCc1cc(F)cc(-c2cncc3[nH]c(-c4[nH]nc5ncc(-c6cncc(NC(=O)C7CCCC7)c6)cc45)cc23)c1. The number of pyridine rings is 3. The Kier molecular flexibility index (Phi) is 7.36. The minimum Gasteiger partial charge on any atom is -0.352 e. The van der Waals surface area contributed by atoms with E-state index in [9.17, 15) is 17.6 Å². The largest absolute Gasteiger partial charge is 0.352 e. The number of sulfone groups is 1. The van der Waals surface area contributed by atoms with Gasteiger partial charge in [0.25, 0.3) is 0 Å². The van der Waals surface area contributed by atoms with Crippen LogP contribution in [0.3, 0.4) is 0 Å². The second kappa shape index (κ2) is 11.5. The number of carbonyl (C=O) groups excluding carboxylic acids is 1. The first kappa shape index (κ1) is 28.8. The minimum absolute atomic E-state index is 0.0354. The first-order valence-corrected chi connectivity index (χ1v) is 16.8. The van der Waals surface area contributed by atoms with Crippen molar-refractivity contribution >= 4 is 43.4 Å². The van der Waals surface area contributed by atoms with Gasteiger partial charge >= 0.3 is 0 Å². The van der Waals surface area contributed by atoms with Gasteiger partial charge in [-0.25, -0.2) is 17.8 Å². The van der Waals surface area contributed by atoms with Crippen molar-refractivity contribution < 1.29 is 17.6 Å². The molecule has 1 aromatic carbocycles. The van der Waals surface area contributed by atoms with E-state index in [0.717, 1.165) is 58.8 Å². The Hall–Kier alpha value is -4.97. The molecule has 1 fully saturated rings. The normalized spacial score (nSPS) is 14.0. The minimum atomic E-state index is -3.19. The van der Waals surface area contributed by atoms with Crippen LogP contribution in [0.5, 0.6) is 0 Å². The number of aromatic nitrogens is 6. The number of hydrogen-bond donors (Lipinski definition) is 3. The number of amides is 1. The highest BCUT2D eigenvalue weighted by Crippen LogP contribution is 2.35. The van der Waals surface area contributed by atoms with Gasteiger partial charge in [0.2, 0.25) is 5.91 Å². The molecule has 7 rings (SSSR count). The lowest BCUT2D eigenvalue weighted by molar-refractivity contribution is -0.119. The maximum absolute atomic E-state index is 14.6. The van der Waals surface area contributed by atoms with Crippen molar-refractivity contribution in [2.75, 3.05) is 17.3 Å². The van der Waals surface area contributed by atoms with Gasteiger partial charge in [-0.3, -0.25) is 19.9 Å². The van der Waals surface area contributed by atoms with Crippen molar-refractivity contribution in [2.45, 2.75) is 32.1 Å². The number of carbonyl (C=O) groups is 1. The summed E-state index contributed by atoms with van der Waals surface area (Å²) in [7, 11) is -3.19. The number of halogens is 1. The second-order valence-corrected chi connectivity index (χ2v) is 13.9. The summed E-state index contributed by atoms with van der Waals surface area (Å²) in [5.41, 5.74) is 6.90. The summed E-state index contributed by atoms with van der Waals surface area (Å²) in [6.45, 7) is 0. The fraction of sp³-hybridized carbons (Fsp3) is 0.242. The fourth-order valence-electron chi connectivity index (χ4n) is 6.03. The van der Waals surface area contributed by atoms with Crippen molar-refractivity contribution in [3.63, 3.8) is 0 Å². The molecule has 1 aliphatic rings. The molecule has 1 amide bonds. The molecule has 0 bridgehead atoms. The first-order chi connectivity index (χ1) is 21.7. The molecule has 0 aliphatic heterocycles. The number of rotatable bonds is 8. The van der Waals surface area contributed by atoms with Crippen molar-refractivity contribution in [1.82, 2.24) is 30.1 Å². The molecule has 0 radical (unpaired) electrons. The van der Waals surface area contributed by atoms with Crippen LogP contribution in [-0.4, -0.2) is 56.5 Å². The molecule has 45 heavy (non-hydrogen) atoms. The highest BCUT2D eigenvalue weighted by atomic mass is 32.2. The number of fused-ring (bicyclic) bond motifs is 2. The predicted molar refractivity (Wildman–Crippen MR) is 172 cm³/mol. The Balaban J connectivity index is 1.22. The van der Waals surface area contributed by atoms with Gasteiger partial charge in [-0.2, -0.15) is 5.10 Å². The summed E-state index contributed by atoms with van der Waals surface area (Å²) in [4.78, 5) is 29.4. The third-order valence-corrected chi connectivity index (χ3v) is 9.27. The van der Waals surface area contributed by atoms with E-state index in [-0.39, 0.29) is 24.0 Å². The van der Waals surface area contributed by atoms with E-state index in [1.807, 2.05) is 18.2 Å². The fourth-order valence-corrected chi connectivity index (χ4v) is 6.64. The van der Waals surface area contributed by atoms with Gasteiger partial charge in [0.1, 0.15) is 15.7 Å². The van der Waals surface area contributed by atoms with Crippen LogP contribution in [0.1, 0.15) is 31.2 Å². The van der Waals surface area contributed by atoms with E-state index in [1.165, 1.54) is 18.4 Å². The molecule has 3 N–H and O–H groups in total. The third-order valence-electron chi connectivity index (χ3n) is 8.32. The number of nitrogens with zero attached hydrogens (tertiary/aromatic N) is 4. The predicted octanol–water partition coefficient (Wildman–Crippen LogP) is 6.09. The maximum Gasteiger partial charge on any atom is 0.227 e. The topological polar surface area (TPSA) is 146 Å². The van der Waals surface area contributed by atoms with Crippen LogP contribution in [0.4, 0.5) is 10.1 Å². The van der Waals surface area contributed by atoms with Crippen LogP contribution in [0.25, 0.3) is 55.6 Å². The van der Waals surface area contributed by atoms with Crippen LogP contribution < -0.4 is 5.32 Å². The Morgan fingerprint density at radius 3 is 2.56 bits per heavy atom. The average Bonchev–Trinajstić information content (AvgIpc) is 3.79. The quantitative estimate of drug-likeness (QED) is 0.186. The van der Waals surface area contributed by atoms with E-state index < -0.39 is 15.7 Å². The number of anilines is 1. The zero-order valence-corrected chi connectivity index (χ0v) is 25.3. The highest BCUT2D eigenvalue weighted by molar-refractivity contribution is 7.90. The third kappa shape index (κ3) is 6.05. The van der Waals surface area contributed by atoms with Crippen molar-refractivity contribution in [2.24, 2.45) is 5.92 Å². The van der Waals surface area contributed by atoms with Crippen LogP contribution in [0.15, 0.2) is 67.4 Å². The van der Waals surface area contributed by atoms with E-state index in [2.05, 4.69) is 35.5 Å². The van der Waals surface area contributed by atoms with Crippen molar-refractivity contribution in [1.29, 1.82) is 0 Å². The van der Waals surface area contributed by atoms with E-state index in [4.69, 9.17) is 0 Å². The monoisotopic (exact) mass is 623 g/mol. The molecule has 5 aromatic heterocycles. The summed E-state index contributed by atoms with van der Waals surface area (Å²) in [5, 5.41) is 12.1. The molecule has 0 atom stereocenters. The van der Waals surface area contributed by atoms with Gasteiger partial charge in [0.15, 0.2) is 5.65 Å². The molecule has 1 saturated carbocycles. The van der Waals surface area contributed by atoms with Gasteiger partial charge < -0.3 is 10.3 Å². The highest BCUT2D eigenvalue weighted by Gasteiger charge is 2.23. The zero-order valence-electron chi connectivity index (χ0n) is 24.5. The Morgan fingerprint density at radius 2 is 1.73 bits per heavy atom. The summed E-state index contributed by atoms with van der Waals surface area (Å²) < 4.78 is 38.0. The molecule has 0 spiro atoms. The summed E-state index contributed by atoms with van der Waals surface area (Å²) in [6.07, 6.45) is 13.9. The molecule has 228 valence electrons. The molecule has 6 aromatic rings. The summed E-state index contributed by atoms with van der Waals surface area (Å²) in [5.74, 6) is -0.424. The molecular formula is C33H30FN7O3S. The summed E-state index contributed by atoms with van der Waals surface area (Å²) >= 11 is 0. The standard InChI is InChI=1S/C33H30FN7O3S/c1-45(43,44)7-6-19-8-21(10-24(34)9-19)28-17-36-18-30-26(28)13-29(39-30)31-27-12-23(15-37-32(27)41-40-31)22-11-25(16-35-14-22)38-33(42)20-4-2-3-5-20/h8-18,20,39H,2-7H2,1H3,(H,38,42)(H,37,40,41). The number of aromatic amines is 2. The number of H-pyrrole nitrogens is 2. The van der Waals surface area contributed by atoms with Gasteiger partial charge in [-0.15, -0.1) is 0 Å². The van der Waals surface area contributed by atoms with Gasteiger partial charge in [0.05, 0.1) is 40.7 Å². The summed E-state index contributed by atoms with van der Waals surface area (Å²) in [6, 6.07) is 10.4. The Bertz CT molecular complexity index is 2190. The zero-order chi connectivity index (χ0) is 31.1. The molecule has 1 aliphatic carbocycles. The molecule has 0 unspecified atom stereocenters. The van der Waals surface area contributed by atoms with Gasteiger partial charge in [-0.05, 0) is 60.7 Å². The van der Waals surface area contributed by atoms with E-state index in [0.29, 0.717) is 33.7 Å². The van der Waals surface area contributed by atoms with Crippen LogP contribution >= 0.6 is 0 Å². The van der Waals surface area contributed by atoms with Crippen LogP contribution in [-0.2, 0) is 21.1 Å². The Morgan fingerprint density at radius 1 is 0.933 bits per heavy atom. The van der Waals surface area contributed by atoms with E-state index in [1.54, 1.807) is 37.1 Å². The van der Waals surface area contributed by atoms with Crippen LogP contribution in [0, 0.1) is 11.7 Å². The Labute approximate surface area is 258 Å². The van der Waals surface area contributed by atoms with Crippen molar-refractivity contribution in [3.05, 3.63) is 78.8 Å². The van der Waals surface area contributed by atoms with Crippen LogP contribution in [0.2, 0.25) is 0 Å². The van der Waals surface area contributed by atoms with E-state index >= 15 is 0 Å². The molecule has 5 heterocycles. The lowest BCUT2D eigenvalue weighted by Gasteiger charge is -2.11. The number of hydrogen-bond acceptors (Lipinski definition) is 7. The first-order valence-electron chi connectivity index (χ1n) is 14.8. The van der Waals surface area contributed by atoms with Gasteiger partial charge in [-0.1, -0.05) is 18.9 Å². The number of benzene rings is 1. The second-order valence-electron chi connectivity index (χ2n) is 11.7. The average molecular weight is 624 g/mol. The van der Waals surface area contributed by atoms with Crippen molar-refractivity contribution in [3.8, 4) is 33.6 Å². The van der Waals surface area contributed by atoms with Gasteiger partial charge in [0, 0.05) is 58.2 Å². The smallest absolute Gasteiger partial charge is 0.227 e. The number of nitrogens with one attached hydrogen (secondary N) is 3. The molecular weight excluding hydrogens is 593 g/mol. The lowest BCUT2D eigenvalue weighted by atomic mass is 10.0. The molecule has 10 nitrogen and oxygen atoms in total. The maximum atomic E-state index is 14.6. The number of aryl methyl sites for hydroxylation is 1. The molecule has 0 saturated heterocycles. The lowest BCUT2D eigenvalue weighted by Crippen LogP contribution is -2.20. The molecule has 12 heteroatoms.